The van der Waals surface area contributed by atoms with Crippen molar-refractivity contribution in [1.29, 1.82) is 0 Å². The number of carbonyl (C=O) groups excluding carboxylic acids is 1. The van der Waals surface area contributed by atoms with Gasteiger partial charge in [0, 0.05) is 11.9 Å². The molecule has 1 heterocycles. The van der Waals surface area contributed by atoms with Crippen molar-refractivity contribution in [3.8, 4) is 0 Å². The molecule has 1 N–H and O–H groups in total. The highest BCUT2D eigenvalue weighted by Crippen LogP contribution is 2.11. The summed E-state index contributed by atoms with van der Waals surface area (Å²) in [6.45, 7) is 2.51. The smallest absolute Gasteiger partial charge is 0.272 e. The van der Waals surface area contributed by atoms with Crippen LogP contribution in [0, 0.1) is 6.92 Å². The van der Waals surface area contributed by atoms with Gasteiger partial charge < -0.3 is 5.32 Å². The van der Waals surface area contributed by atoms with Crippen LogP contribution < -0.4 is 5.32 Å². The van der Waals surface area contributed by atoms with E-state index in [1.165, 1.54) is 5.56 Å². The van der Waals surface area contributed by atoms with Gasteiger partial charge in [-0.05, 0) is 24.6 Å². The van der Waals surface area contributed by atoms with Gasteiger partial charge in [-0.1, -0.05) is 48.0 Å². The van der Waals surface area contributed by atoms with Crippen LogP contribution in [0.1, 0.15) is 21.6 Å². The Morgan fingerprint density at radius 2 is 1.90 bits per heavy atom. The van der Waals surface area contributed by atoms with Crippen LogP contribution in [-0.4, -0.2) is 16.1 Å². The van der Waals surface area contributed by atoms with Gasteiger partial charge in [0.25, 0.3) is 5.91 Å². The highest BCUT2D eigenvalue weighted by atomic mass is 16.1. The van der Waals surface area contributed by atoms with Crippen LogP contribution in [0.2, 0.25) is 0 Å². The van der Waals surface area contributed by atoms with E-state index in [4.69, 9.17) is 0 Å². The molecule has 0 atom stereocenters. The van der Waals surface area contributed by atoms with E-state index in [0.29, 0.717) is 12.2 Å². The van der Waals surface area contributed by atoms with Crippen LogP contribution in [0.15, 0.2) is 54.6 Å². The van der Waals surface area contributed by atoms with Gasteiger partial charge in [0.1, 0.15) is 0 Å². The molecular formula is C17H15N3O. The molecule has 0 aliphatic rings. The number of nitrogens with one attached hydrogen (secondary N) is 1. The fourth-order valence-electron chi connectivity index (χ4n) is 2.19. The first-order valence-corrected chi connectivity index (χ1v) is 6.78. The topological polar surface area (TPSA) is 54.9 Å². The SMILES string of the molecule is Cc1cccc(CNC(=O)c2cc3ccccc3nn2)c1. The Kier molecular flexibility index (Phi) is 3.60. The molecule has 4 heteroatoms. The first-order valence-electron chi connectivity index (χ1n) is 6.78. The molecule has 3 rings (SSSR count). The number of aryl methyl sites for hydroxylation is 1. The molecule has 0 spiro atoms. The summed E-state index contributed by atoms with van der Waals surface area (Å²) in [4.78, 5) is 12.1. The third-order valence-corrected chi connectivity index (χ3v) is 3.26. The van der Waals surface area contributed by atoms with Crippen LogP contribution >= 0.6 is 0 Å². The fraction of sp³-hybridized carbons (Fsp3) is 0.118. The van der Waals surface area contributed by atoms with E-state index >= 15 is 0 Å². The summed E-state index contributed by atoms with van der Waals surface area (Å²) in [5, 5.41) is 11.8. The van der Waals surface area contributed by atoms with E-state index in [9.17, 15) is 4.79 Å². The predicted molar refractivity (Wildman–Crippen MR) is 81.9 cm³/mol. The average molecular weight is 277 g/mol. The summed E-state index contributed by atoms with van der Waals surface area (Å²) in [6.07, 6.45) is 0. The van der Waals surface area contributed by atoms with Crippen molar-refractivity contribution < 1.29 is 4.79 Å². The average Bonchev–Trinajstić information content (AvgIpc) is 2.52. The van der Waals surface area contributed by atoms with E-state index in [2.05, 4.69) is 15.5 Å². The number of carbonyl (C=O) groups is 1. The summed E-state index contributed by atoms with van der Waals surface area (Å²) >= 11 is 0. The Morgan fingerprint density at radius 3 is 2.76 bits per heavy atom. The van der Waals surface area contributed by atoms with E-state index in [1.54, 1.807) is 6.07 Å². The zero-order valence-electron chi connectivity index (χ0n) is 11.7. The van der Waals surface area contributed by atoms with Gasteiger partial charge in [-0.15, -0.1) is 10.2 Å². The van der Waals surface area contributed by atoms with E-state index in [0.717, 1.165) is 16.5 Å². The number of nitrogens with zero attached hydrogens (tertiary/aromatic N) is 2. The molecule has 1 aromatic heterocycles. The standard InChI is InChI=1S/C17H15N3O/c1-12-5-4-6-13(9-12)11-18-17(21)16-10-14-7-2-3-8-15(14)19-20-16/h2-10H,11H2,1H3,(H,18,21). The van der Waals surface area contributed by atoms with Crippen LogP contribution in [-0.2, 0) is 6.54 Å². The minimum Gasteiger partial charge on any atom is -0.347 e. The van der Waals surface area contributed by atoms with Gasteiger partial charge >= 0.3 is 0 Å². The van der Waals surface area contributed by atoms with Crippen LogP contribution in [0.5, 0.6) is 0 Å². The van der Waals surface area contributed by atoms with Crippen LogP contribution in [0.3, 0.4) is 0 Å². The molecule has 2 aromatic carbocycles. The van der Waals surface area contributed by atoms with Gasteiger partial charge in [-0.25, -0.2) is 0 Å². The highest BCUT2D eigenvalue weighted by Gasteiger charge is 2.08. The molecule has 0 fully saturated rings. The highest BCUT2D eigenvalue weighted by molar-refractivity contribution is 5.95. The van der Waals surface area contributed by atoms with Crippen molar-refractivity contribution in [2.75, 3.05) is 0 Å². The van der Waals surface area contributed by atoms with Crippen molar-refractivity contribution in [1.82, 2.24) is 15.5 Å². The molecule has 0 aliphatic carbocycles. The van der Waals surface area contributed by atoms with E-state index < -0.39 is 0 Å². The second kappa shape index (κ2) is 5.71. The third-order valence-electron chi connectivity index (χ3n) is 3.26. The van der Waals surface area contributed by atoms with Crippen molar-refractivity contribution >= 4 is 16.8 Å². The van der Waals surface area contributed by atoms with Crippen LogP contribution in [0.25, 0.3) is 10.9 Å². The monoisotopic (exact) mass is 277 g/mol. The predicted octanol–water partition coefficient (Wildman–Crippen LogP) is 2.87. The van der Waals surface area contributed by atoms with Crippen LogP contribution in [0.4, 0.5) is 0 Å². The molecule has 0 radical (unpaired) electrons. The number of benzene rings is 2. The van der Waals surface area contributed by atoms with E-state index in [-0.39, 0.29) is 5.91 Å². The first-order chi connectivity index (χ1) is 10.2. The lowest BCUT2D eigenvalue weighted by atomic mass is 10.1. The van der Waals surface area contributed by atoms with Gasteiger partial charge in [0.2, 0.25) is 0 Å². The molecule has 0 saturated heterocycles. The Hall–Kier alpha value is -2.75. The van der Waals surface area contributed by atoms with Gasteiger partial charge in [0.05, 0.1) is 5.52 Å². The summed E-state index contributed by atoms with van der Waals surface area (Å²) in [5.41, 5.74) is 3.36. The normalized spacial score (nSPS) is 10.5. The molecule has 0 aliphatic heterocycles. The lowest BCUT2D eigenvalue weighted by molar-refractivity contribution is 0.0945. The molecule has 1 amide bonds. The number of rotatable bonds is 3. The second-order valence-electron chi connectivity index (χ2n) is 4.96. The third kappa shape index (κ3) is 3.05. The Labute approximate surface area is 122 Å². The number of hydrogen-bond acceptors (Lipinski definition) is 3. The van der Waals surface area contributed by atoms with Crippen molar-refractivity contribution in [2.45, 2.75) is 13.5 Å². The molecule has 104 valence electrons. The lowest BCUT2D eigenvalue weighted by Crippen LogP contribution is -2.24. The van der Waals surface area contributed by atoms with Gasteiger partial charge in [0.15, 0.2) is 5.69 Å². The maximum absolute atomic E-state index is 12.1. The fourth-order valence-corrected chi connectivity index (χ4v) is 2.19. The van der Waals surface area contributed by atoms with Crippen molar-refractivity contribution in [3.05, 3.63) is 71.4 Å². The minimum atomic E-state index is -0.213. The maximum Gasteiger partial charge on any atom is 0.272 e. The minimum absolute atomic E-state index is 0.213. The molecule has 0 saturated carbocycles. The summed E-state index contributed by atoms with van der Waals surface area (Å²) < 4.78 is 0. The van der Waals surface area contributed by atoms with Gasteiger partial charge in [-0.3, -0.25) is 4.79 Å². The maximum atomic E-state index is 12.1. The van der Waals surface area contributed by atoms with Crippen molar-refractivity contribution in [2.24, 2.45) is 0 Å². The quantitative estimate of drug-likeness (QED) is 0.801. The summed E-state index contributed by atoms with van der Waals surface area (Å²) in [6, 6.07) is 17.4. The molecule has 21 heavy (non-hydrogen) atoms. The second-order valence-corrected chi connectivity index (χ2v) is 4.96. The van der Waals surface area contributed by atoms with Gasteiger partial charge in [-0.2, -0.15) is 0 Å². The molecular weight excluding hydrogens is 262 g/mol. The van der Waals surface area contributed by atoms with E-state index in [1.807, 2.05) is 55.5 Å². The number of hydrogen-bond donors (Lipinski definition) is 1. The summed E-state index contributed by atoms with van der Waals surface area (Å²) in [7, 11) is 0. The lowest BCUT2D eigenvalue weighted by Gasteiger charge is -2.06. The Bertz CT molecular complexity index is 799. The number of amides is 1. The first kappa shape index (κ1) is 13.2. The van der Waals surface area contributed by atoms with Crippen molar-refractivity contribution in [3.63, 3.8) is 0 Å². The zero-order valence-corrected chi connectivity index (χ0v) is 11.7. The largest absolute Gasteiger partial charge is 0.347 e. The molecule has 0 unspecified atom stereocenters. The number of aromatic nitrogens is 2. The molecule has 4 nitrogen and oxygen atoms in total. The number of fused-ring (bicyclic) bond motifs is 1. The molecule has 0 bridgehead atoms. The Balaban J connectivity index is 1.74. The molecule has 3 aromatic rings. The summed E-state index contributed by atoms with van der Waals surface area (Å²) in [5.74, 6) is -0.213. The zero-order chi connectivity index (χ0) is 14.7. The Morgan fingerprint density at radius 1 is 1.05 bits per heavy atom.